The Morgan fingerprint density at radius 1 is 0.169 bits per heavy atom. The van der Waals surface area contributed by atoms with Crippen LogP contribution in [0.5, 0.6) is 0 Å². The SMILES string of the molecule is CC(C)c1ccc(-c2nc(-c3ccccc3)nc(-c3c4nc(c(-c5nc(-c6ccccc6)nc(-c6ccccc6)n5)c5[nH]c(c(-c6nc(-c7ccccc7)nc(-c7ccccc7)n6)c6nc(c(-c7nc(-c8ccccc8)nc(-c8ccc(C(C)C)cc8)n7)c7[nH]c3c3ccccc73)-c3ccccc3-6)c3ccccc53)-c3ccccc3-4)n2)cc1. The van der Waals surface area contributed by atoms with Gasteiger partial charge in [0.25, 0.3) is 0 Å². The van der Waals surface area contributed by atoms with Gasteiger partial charge >= 0.3 is 0 Å². The number of hydrogen-bond donors (Lipinski definition) is 2. The van der Waals surface area contributed by atoms with E-state index in [0.717, 1.165) is 88.3 Å². The van der Waals surface area contributed by atoms with E-state index in [2.05, 4.69) is 183 Å². The minimum absolute atomic E-state index is 0.278. The van der Waals surface area contributed by atoms with Crippen LogP contribution >= 0.6 is 0 Å². The molecule has 118 heavy (non-hydrogen) atoms. The fourth-order valence-corrected chi connectivity index (χ4v) is 16.1. The molecule has 0 unspecified atom stereocenters. The Morgan fingerprint density at radius 3 is 0.534 bits per heavy atom. The van der Waals surface area contributed by atoms with Crippen LogP contribution in [0.4, 0.5) is 0 Å². The molecule has 0 saturated heterocycles. The average Bonchev–Trinajstić information content (AvgIpc) is 1.55. The van der Waals surface area contributed by atoms with Crippen molar-refractivity contribution in [2.75, 3.05) is 0 Å². The molecular formula is C102H70N16. The Labute approximate surface area is 679 Å². The van der Waals surface area contributed by atoms with Crippen molar-refractivity contribution in [1.29, 1.82) is 0 Å². The molecule has 3 aliphatic rings. The molecule has 0 spiro atoms. The molecule has 0 amide bonds. The zero-order chi connectivity index (χ0) is 78.9. The van der Waals surface area contributed by atoms with E-state index in [-0.39, 0.29) is 11.8 Å². The van der Waals surface area contributed by atoms with E-state index in [1.807, 2.05) is 182 Å². The van der Waals surface area contributed by atoms with Gasteiger partial charge < -0.3 is 9.97 Å². The van der Waals surface area contributed by atoms with Crippen molar-refractivity contribution in [3.05, 3.63) is 339 Å². The van der Waals surface area contributed by atoms with E-state index in [1.54, 1.807) is 0 Å². The standard InChI is InChI=1S/C102H70N16/c1-59(2)61-51-55-69(56-52-61)97-109-95(67-39-19-9-20-40-67)115-101(117-97)81-87-75-47-27-25-45-73(75)85(104-87)79(99-111-91(63-31-11-5-12-32-63)107-92(112-99)64-33-13-6-14-34-64)83-71-43-23-24-44-72(71)84(103-83)80(100-113-93(65-35-15-7-16-36-65)108-94(114-100)66-37-17-8-18-38-66)86-74-46-26-28-48-76(74)88(105-86)82(90-78-50-30-29-49-77(78)89(81)106-90)102-116-96(68-41-21-10-22-42-68)110-98(118-102)70-57-53-62(54-58-70)60(3)4/h5-60,103,106H,1-4H3. The summed E-state index contributed by atoms with van der Waals surface area (Å²) in [6.45, 7) is 8.79. The number of benzene rings is 12. The first-order valence-electron chi connectivity index (χ1n) is 39.6. The molecule has 16 nitrogen and oxygen atoms in total. The Kier molecular flexibility index (Phi) is 17.5. The lowest BCUT2D eigenvalue weighted by Crippen LogP contribution is -2.02. The van der Waals surface area contributed by atoms with Crippen LogP contribution in [0.1, 0.15) is 50.7 Å². The van der Waals surface area contributed by atoms with Gasteiger partial charge in [0, 0.05) is 88.3 Å². The molecule has 558 valence electrons. The summed E-state index contributed by atoms with van der Waals surface area (Å²) in [7, 11) is 0. The lowest BCUT2D eigenvalue weighted by atomic mass is 9.97. The molecular weight excluding hydrogens is 1450 g/mol. The van der Waals surface area contributed by atoms with E-state index >= 15 is 0 Å². The predicted molar refractivity (Wildman–Crippen MR) is 472 cm³/mol. The quantitative estimate of drug-likeness (QED) is 0.104. The number of aromatic amines is 2. The Balaban J connectivity index is 1.02. The van der Waals surface area contributed by atoms with Gasteiger partial charge in [-0.05, 0) is 23.0 Å². The van der Waals surface area contributed by atoms with Gasteiger partial charge in [0.05, 0.1) is 67.1 Å². The summed E-state index contributed by atoms with van der Waals surface area (Å²) in [4.78, 5) is 88.1. The fourth-order valence-electron chi connectivity index (χ4n) is 16.1. The second-order valence-electron chi connectivity index (χ2n) is 30.0. The average molecular weight is 1520 g/mol. The van der Waals surface area contributed by atoms with Gasteiger partial charge in [-0.25, -0.2) is 69.8 Å². The van der Waals surface area contributed by atoms with Crippen LogP contribution in [0.15, 0.2) is 328 Å². The maximum absolute atomic E-state index is 6.26. The Bertz CT molecular complexity index is 6780. The molecule has 1 aliphatic carbocycles. The van der Waals surface area contributed by atoms with Crippen molar-refractivity contribution in [2.24, 2.45) is 0 Å². The second kappa shape index (κ2) is 29.4. The lowest BCUT2D eigenvalue weighted by Gasteiger charge is -2.12. The summed E-state index contributed by atoms with van der Waals surface area (Å²) < 4.78 is 0. The van der Waals surface area contributed by atoms with Gasteiger partial charge in [-0.2, -0.15) is 0 Å². The smallest absolute Gasteiger partial charge is 0.168 e. The molecule has 0 saturated carbocycles. The summed E-state index contributed by atoms with van der Waals surface area (Å²) in [6, 6.07) is 111. The highest BCUT2D eigenvalue weighted by Crippen LogP contribution is 2.52. The first kappa shape index (κ1) is 70.2. The van der Waals surface area contributed by atoms with Gasteiger partial charge in [0.2, 0.25) is 0 Å². The summed E-state index contributed by atoms with van der Waals surface area (Å²) in [5.74, 6) is 5.61. The van der Waals surface area contributed by atoms with Crippen LogP contribution in [-0.4, -0.2) is 79.7 Å². The summed E-state index contributed by atoms with van der Waals surface area (Å²) in [5, 5.41) is 3.24. The Morgan fingerprint density at radius 2 is 0.339 bits per heavy atom. The minimum atomic E-state index is 0.278. The highest BCUT2D eigenvalue weighted by atomic mass is 15.1. The summed E-state index contributed by atoms with van der Waals surface area (Å²) in [6.07, 6.45) is 0. The monoisotopic (exact) mass is 1520 g/mol. The normalized spacial score (nSPS) is 11.7. The molecule has 2 N–H and O–H groups in total. The van der Waals surface area contributed by atoms with E-state index < -0.39 is 0 Å². The predicted octanol–water partition coefficient (Wildman–Crippen LogP) is 24.3. The van der Waals surface area contributed by atoms with E-state index in [9.17, 15) is 0 Å². The minimum Gasteiger partial charge on any atom is -0.353 e. The first-order chi connectivity index (χ1) is 58.1. The Hall–Kier alpha value is -15.7. The third kappa shape index (κ3) is 12.6. The van der Waals surface area contributed by atoms with Crippen molar-refractivity contribution in [3.8, 4) is 182 Å². The van der Waals surface area contributed by atoms with Gasteiger partial charge in [-0.1, -0.05) is 355 Å². The number of aromatic nitrogens is 16. The number of H-pyrrole nitrogens is 2. The van der Waals surface area contributed by atoms with Crippen molar-refractivity contribution < 1.29 is 0 Å². The molecule has 2 aliphatic heterocycles. The maximum atomic E-state index is 6.26. The molecule has 8 bridgehead atoms. The highest BCUT2D eigenvalue weighted by molar-refractivity contribution is 6.21. The molecule has 0 fully saturated rings. The zero-order valence-corrected chi connectivity index (χ0v) is 64.6. The van der Waals surface area contributed by atoms with Crippen LogP contribution in [0.3, 0.4) is 0 Å². The largest absolute Gasteiger partial charge is 0.353 e. The lowest BCUT2D eigenvalue weighted by molar-refractivity contribution is 0.866. The summed E-state index contributed by atoms with van der Waals surface area (Å²) >= 11 is 0. The fraction of sp³-hybridized carbons (Fsp3) is 0.0588. The van der Waals surface area contributed by atoms with Gasteiger partial charge in [-0.3, -0.25) is 0 Å². The van der Waals surface area contributed by atoms with Crippen molar-refractivity contribution in [2.45, 2.75) is 39.5 Å². The van der Waals surface area contributed by atoms with Crippen molar-refractivity contribution in [1.82, 2.24) is 79.7 Å². The molecule has 6 aromatic heterocycles. The van der Waals surface area contributed by atoms with E-state index in [4.69, 9.17) is 69.8 Å². The van der Waals surface area contributed by atoms with Crippen LogP contribution < -0.4 is 0 Å². The van der Waals surface area contributed by atoms with Crippen molar-refractivity contribution in [3.63, 3.8) is 0 Å². The van der Waals surface area contributed by atoms with E-state index in [1.165, 1.54) is 11.1 Å². The van der Waals surface area contributed by atoms with Crippen LogP contribution in [0.25, 0.3) is 225 Å². The van der Waals surface area contributed by atoms with Crippen LogP contribution in [0.2, 0.25) is 0 Å². The molecule has 18 aromatic rings. The highest BCUT2D eigenvalue weighted by Gasteiger charge is 2.34. The zero-order valence-electron chi connectivity index (χ0n) is 64.6. The van der Waals surface area contributed by atoms with Gasteiger partial charge in [0.15, 0.2) is 69.9 Å². The molecule has 16 heteroatoms. The van der Waals surface area contributed by atoms with Gasteiger partial charge in [0.1, 0.15) is 0 Å². The topological polar surface area (TPSA) is 212 Å². The number of rotatable bonds is 14. The molecule has 21 rings (SSSR count). The van der Waals surface area contributed by atoms with Gasteiger partial charge in [-0.15, -0.1) is 0 Å². The number of hydrogen-bond acceptors (Lipinski definition) is 14. The molecule has 12 aromatic carbocycles. The van der Waals surface area contributed by atoms with Crippen LogP contribution in [0, 0.1) is 0 Å². The summed E-state index contributed by atoms with van der Waals surface area (Å²) in [5.41, 5.74) is 18.9. The molecule has 8 heterocycles. The molecule has 0 radical (unpaired) electrons. The molecule has 0 atom stereocenters. The number of nitrogens with one attached hydrogen (secondary N) is 2. The maximum Gasteiger partial charge on any atom is 0.168 e. The van der Waals surface area contributed by atoms with Crippen LogP contribution in [-0.2, 0) is 0 Å². The second-order valence-corrected chi connectivity index (χ2v) is 30.0. The van der Waals surface area contributed by atoms with Crippen molar-refractivity contribution >= 4 is 43.6 Å². The number of nitrogens with zero attached hydrogens (tertiary/aromatic N) is 14. The van der Waals surface area contributed by atoms with E-state index in [0.29, 0.717) is 137 Å². The first-order valence-corrected chi connectivity index (χ1v) is 39.6. The third-order valence-electron chi connectivity index (χ3n) is 22.0. The third-order valence-corrected chi connectivity index (χ3v) is 22.0.